The molecule has 2 unspecified atom stereocenters. The summed E-state index contributed by atoms with van der Waals surface area (Å²) in [4.78, 5) is 57.6. The van der Waals surface area contributed by atoms with Gasteiger partial charge in [-0.05, 0) is 141 Å². The second-order valence-corrected chi connectivity index (χ2v) is 21.0. The van der Waals surface area contributed by atoms with Crippen LogP contribution in [0.25, 0.3) is 0 Å². The number of ketones is 1. The van der Waals surface area contributed by atoms with E-state index in [2.05, 4.69) is 75.8 Å². The van der Waals surface area contributed by atoms with E-state index in [1.165, 1.54) is 11.1 Å². The SMILES string of the molecule is CC(=O)NCCN(CC[C@@]12CC[C@]3(C)[C@H](CCC4[C@@]5(C)CC[C@H](OC(=O)CC(C)(C)C(=O)O)C(C)(C)C5CC[C@]43C)C1=C(C(C)C)C(=O)C2)Cc1ccncc1. The largest absolute Gasteiger partial charge is 0.481 e. The third-order valence-electron chi connectivity index (χ3n) is 16.8. The number of pyridine rings is 1. The number of carboxylic acid groups (broad SMARTS) is 1. The number of allylic oxidation sites excluding steroid dienone is 2. The van der Waals surface area contributed by atoms with E-state index in [9.17, 15) is 24.3 Å². The Bertz CT molecular complexity index is 1720. The lowest BCUT2D eigenvalue weighted by molar-refractivity contribution is -0.233. The standard InChI is InChI=1S/C47H71N3O6/c1-30(2)39-34(52)27-47(21-25-50(26-24-49-31(3)51)29-32-15-22-48-23-16-32)20-19-45(9)33(40(39)47)11-12-36-44(8)17-14-37(56-38(53)28-42(4,5)41(54)55)43(6,7)35(44)13-18-46(36,45)10/h15-16,22-23,30,33,35-37H,11-14,17-21,24-29H2,1-10H3,(H,49,51)(H,54,55)/t33-,35?,36?,37+,44+,45-,46-,47-/m1/s1. The van der Waals surface area contributed by atoms with Crippen LogP contribution >= 0.6 is 0 Å². The van der Waals surface area contributed by atoms with Crippen LogP contribution < -0.4 is 5.32 Å². The molecule has 0 bridgehead atoms. The highest BCUT2D eigenvalue weighted by molar-refractivity contribution is 6.00. The lowest BCUT2D eigenvalue weighted by atomic mass is 9.33. The fourth-order valence-electron chi connectivity index (χ4n) is 13.7. The number of nitrogens with one attached hydrogen (secondary N) is 1. The summed E-state index contributed by atoms with van der Waals surface area (Å²) in [6.07, 6.45) is 13.3. The average molecular weight is 774 g/mol. The number of carbonyl (C=O) groups excluding carboxylic acids is 3. The molecule has 4 saturated carbocycles. The van der Waals surface area contributed by atoms with E-state index in [1.54, 1.807) is 20.8 Å². The highest BCUT2D eigenvalue weighted by atomic mass is 16.5. The van der Waals surface area contributed by atoms with Gasteiger partial charge >= 0.3 is 11.9 Å². The van der Waals surface area contributed by atoms with E-state index in [0.29, 0.717) is 36.5 Å². The summed E-state index contributed by atoms with van der Waals surface area (Å²) >= 11 is 0. The Balaban J connectivity index is 1.26. The molecule has 1 aromatic rings. The van der Waals surface area contributed by atoms with Crippen LogP contribution in [0, 0.1) is 56.2 Å². The molecule has 1 aromatic heterocycles. The summed E-state index contributed by atoms with van der Waals surface area (Å²) in [5.74, 6) is 0.420. The molecule has 0 aromatic carbocycles. The van der Waals surface area contributed by atoms with Crippen molar-refractivity contribution in [2.45, 2.75) is 153 Å². The van der Waals surface area contributed by atoms with Crippen molar-refractivity contribution >= 4 is 23.6 Å². The third kappa shape index (κ3) is 7.29. The first-order chi connectivity index (χ1) is 26.1. The summed E-state index contributed by atoms with van der Waals surface area (Å²) in [6.45, 7) is 24.5. The van der Waals surface area contributed by atoms with Gasteiger partial charge in [0.15, 0.2) is 5.78 Å². The predicted molar refractivity (Wildman–Crippen MR) is 218 cm³/mol. The Hall–Kier alpha value is -3.07. The van der Waals surface area contributed by atoms with Crippen molar-refractivity contribution in [2.24, 2.45) is 56.2 Å². The van der Waals surface area contributed by atoms with Crippen LogP contribution in [0.15, 0.2) is 35.7 Å². The van der Waals surface area contributed by atoms with Gasteiger partial charge in [0.1, 0.15) is 6.10 Å². The van der Waals surface area contributed by atoms with Crippen LogP contribution in [-0.2, 0) is 30.5 Å². The summed E-state index contributed by atoms with van der Waals surface area (Å²) in [6, 6.07) is 4.13. The van der Waals surface area contributed by atoms with Crippen molar-refractivity contribution in [3.05, 3.63) is 41.2 Å². The van der Waals surface area contributed by atoms with Crippen LogP contribution in [0.2, 0.25) is 0 Å². The zero-order chi connectivity index (χ0) is 41.1. The summed E-state index contributed by atoms with van der Waals surface area (Å²) in [5.41, 5.74) is 2.55. The first-order valence-electron chi connectivity index (χ1n) is 21.7. The number of amides is 1. The second-order valence-electron chi connectivity index (χ2n) is 21.0. The summed E-state index contributed by atoms with van der Waals surface area (Å²) in [7, 11) is 0. The number of carboxylic acids is 1. The zero-order valence-corrected chi connectivity index (χ0v) is 36.2. The molecule has 0 aliphatic heterocycles. The predicted octanol–water partition coefficient (Wildman–Crippen LogP) is 8.80. The number of ether oxygens (including phenoxy) is 1. The number of nitrogens with zero attached hydrogens (tertiary/aromatic N) is 2. The van der Waals surface area contributed by atoms with Crippen molar-refractivity contribution in [2.75, 3.05) is 19.6 Å². The number of hydrogen-bond acceptors (Lipinski definition) is 7. The minimum atomic E-state index is -1.16. The molecule has 2 N–H and O–H groups in total. The maximum atomic E-state index is 14.2. The Labute approximate surface area is 336 Å². The molecule has 4 fully saturated rings. The molecule has 8 atom stereocenters. The Morgan fingerprint density at radius 2 is 1.64 bits per heavy atom. The molecule has 0 radical (unpaired) electrons. The number of carbonyl (C=O) groups is 4. The van der Waals surface area contributed by atoms with E-state index in [-0.39, 0.29) is 51.4 Å². The lowest BCUT2D eigenvalue weighted by Crippen LogP contribution is -2.65. The molecular weight excluding hydrogens is 703 g/mol. The van der Waals surface area contributed by atoms with Crippen molar-refractivity contribution in [3.63, 3.8) is 0 Å². The van der Waals surface area contributed by atoms with Gasteiger partial charge in [-0.2, -0.15) is 0 Å². The summed E-state index contributed by atoms with van der Waals surface area (Å²) in [5, 5.41) is 12.6. The normalized spacial score (nSPS) is 35.0. The van der Waals surface area contributed by atoms with Gasteiger partial charge in [-0.3, -0.25) is 29.1 Å². The van der Waals surface area contributed by atoms with Crippen LogP contribution in [0.1, 0.15) is 145 Å². The van der Waals surface area contributed by atoms with E-state index in [0.717, 1.165) is 83.0 Å². The monoisotopic (exact) mass is 774 g/mol. The average Bonchev–Trinajstić information content (AvgIpc) is 3.41. The number of aromatic nitrogens is 1. The fraction of sp³-hybridized carbons (Fsp3) is 0.766. The van der Waals surface area contributed by atoms with Gasteiger partial charge < -0.3 is 15.2 Å². The fourth-order valence-corrected chi connectivity index (χ4v) is 13.7. The Morgan fingerprint density at radius 1 is 0.946 bits per heavy atom. The smallest absolute Gasteiger partial charge is 0.309 e. The topological polar surface area (TPSA) is 126 Å². The lowest BCUT2D eigenvalue weighted by Gasteiger charge is -2.72. The van der Waals surface area contributed by atoms with E-state index < -0.39 is 17.4 Å². The molecule has 1 amide bonds. The molecule has 0 saturated heterocycles. The number of aliphatic carboxylic acids is 1. The van der Waals surface area contributed by atoms with E-state index in [4.69, 9.17) is 4.74 Å². The minimum absolute atomic E-state index is 0.0173. The van der Waals surface area contributed by atoms with Gasteiger partial charge in [-0.15, -0.1) is 0 Å². The van der Waals surface area contributed by atoms with Crippen LogP contribution in [0.4, 0.5) is 0 Å². The number of rotatable bonds is 13. The van der Waals surface area contributed by atoms with Crippen LogP contribution in [0.5, 0.6) is 0 Å². The Morgan fingerprint density at radius 3 is 2.29 bits per heavy atom. The maximum absolute atomic E-state index is 14.2. The Kier molecular flexibility index (Phi) is 11.6. The van der Waals surface area contributed by atoms with Crippen molar-refractivity contribution in [3.8, 4) is 0 Å². The number of fused-ring (bicyclic) bond motifs is 7. The van der Waals surface area contributed by atoms with Gasteiger partial charge in [-0.1, -0.05) is 54.0 Å². The van der Waals surface area contributed by atoms with E-state index in [1.807, 2.05) is 12.4 Å². The zero-order valence-electron chi connectivity index (χ0n) is 36.2. The molecule has 310 valence electrons. The third-order valence-corrected chi connectivity index (χ3v) is 16.8. The van der Waals surface area contributed by atoms with Gasteiger partial charge in [0, 0.05) is 56.2 Å². The summed E-state index contributed by atoms with van der Waals surface area (Å²) < 4.78 is 6.20. The van der Waals surface area contributed by atoms with Crippen LogP contribution in [-0.4, -0.2) is 64.4 Å². The van der Waals surface area contributed by atoms with Gasteiger partial charge in [0.25, 0.3) is 0 Å². The minimum Gasteiger partial charge on any atom is -0.481 e. The molecule has 1 heterocycles. The molecule has 5 aliphatic carbocycles. The number of Topliss-reactive ketones (excluding diaryl/α,β-unsaturated/α-hetero) is 1. The van der Waals surface area contributed by atoms with Crippen molar-refractivity contribution in [1.29, 1.82) is 0 Å². The molecule has 0 spiro atoms. The second kappa shape index (κ2) is 15.3. The molecule has 9 nitrogen and oxygen atoms in total. The molecule has 5 aliphatic rings. The highest BCUT2D eigenvalue weighted by Gasteiger charge is 2.70. The first kappa shape index (κ1) is 42.5. The molecular formula is C47H71N3O6. The maximum Gasteiger partial charge on any atom is 0.309 e. The number of hydrogen-bond donors (Lipinski definition) is 2. The quantitative estimate of drug-likeness (QED) is 0.191. The van der Waals surface area contributed by atoms with Crippen molar-refractivity contribution < 1.29 is 29.0 Å². The first-order valence-corrected chi connectivity index (χ1v) is 21.7. The van der Waals surface area contributed by atoms with Gasteiger partial charge in [0.2, 0.25) is 5.91 Å². The highest BCUT2D eigenvalue weighted by Crippen LogP contribution is 2.77. The van der Waals surface area contributed by atoms with Gasteiger partial charge in [-0.25, -0.2) is 0 Å². The molecule has 56 heavy (non-hydrogen) atoms. The van der Waals surface area contributed by atoms with Crippen molar-refractivity contribution in [1.82, 2.24) is 15.2 Å². The number of esters is 1. The van der Waals surface area contributed by atoms with E-state index >= 15 is 0 Å². The van der Waals surface area contributed by atoms with Gasteiger partial charge in [0.05, 0.1) is 11.8 Å². The molecule has 6 rings (SSSR count). The molecule has 9 heteroatoms. The van der Waals surface area contributed by atoms with Crippen LogP contribution in [0.3, 0.4) is 0 Å².